The van der Waals surface area contributed by atoms with Crippen LogP contribution >= 0.6 is 0 Å². The number of sulfone groups is 1. The fraction of sp³-hybridized carbons (Fsp3) is 0.261. The number of nitrogens with zero attached hydrogens (tertiary/aromatic N) is 4. The summed E-state index contributed by atoms with van der Waals surface area (Å²) < 4.78 is 34.6. The Morgan fingerprint density at radius 2 is 1.94 bits per heavy atom. The predicted octanol–water partition coefficient (Wildman–Crippen LogP) is 2.36. The monoisotopic (exact) mass is 512 g/mol. The van der Waals surface area contributed by atoms with Gasteiger partial charge in [-0.3, -0.25) is 10.1 Å². The van der Waals surface area contributed by atoms with Gasteiger partial charge >= 0.3 is 6.16 Å². The van der Waals surface area contributed by atoms with Gasteiger partial charge in [-0.25, -0.2) is 23.2 Å². The molecule has 1 atom stereocenters. The molecule has 1 unspecified atom stereocenters. The van der Waals surface area contributed by atoms with Gasteiger partial charge in [-0.15, -0.1) is 0 Å². The number of H-pyrrole nitrogens is 1. The quantitative estimate of drug-likeness (QED) is 0.420. The normalized spacial score (nSPS) is 19.0. The molecule has 12 nitrogen and oxygen atoms in total. The molecule has 188 valence electrons. The lowest BCUT2D eigenvalue weighted by molar-refractivity contribution is -0.0627. The van der Waals surface area contributed by atoms with E-state index >= 15 is 0 Å². The number of aliphatic imine (C=N–C) groups is 1. The molecule has 3 heterocycles. The van der Waals surface area contributed by atoms with E-state index in [9.17, 15) is 18.3 Å². The Hall–Kier alpha value is -3.94. The highest BCUT2D eigenvalue weighted by Crippen LogP contribution is 2.32. The van der Waals surface area contributed by atoms with E-state index in [0.29, 0.717) is 37.6 Å². The van der Waals surface area contributed by atoms with Crippen LogP contribution in [0.4, 0.5) is 10.5 Å². The van der Waals surface area contributed by atoms with Crippen LogP contribution in [0.25, 0.3) is 16.6 Å². The zero-order valence-corrected chi connectivity index (χ0v) is 20.1. The number of benzene rings is 2. The van der Waals surface area contributed by atoms with Crippen LogP contribution in [0.15, 0.2) is 64.3 Å². The number of ether oxygens (including phenoxy) is 2. The first-order chi connectivity index (χ1) is 17.3. The molecule has 0 spiro atoms. The second kappa shape index (κ2) is 9.60. The van der Waals surface area contributed by atoms with Crippen molar-refractivity contribution in [1.82, 2.24) is 20.2 Å². The van der Waals surface area contributed by atoms with Crippen LogP contribution in [-0.4, -0.2) is 85.0 Å². The topological polar surface area (TPSA) is 149 Å². The van der Waals surface area contributed by atoms with Gasteiger partial charge in [0.2, 0.25) is 0 Å². The SMILES string of the molecule is CS(=O)(=O)c1ccc(C2=C(OC(=O)O)C(Nc3ccc4[nH]ncc4c3)N(N3CCOCC3)C=N2)cc1. The van der Waals surface area contributed by atoms with Gasteiger partial charge in [-0.1, -0.05) is 12.1 Å². The Kier molecular flexibility index (Phi) is 6.35. The molecule has 0 bridgehead atoms. The molecule has 5 rings (SSSR count). The number of hydrazine groups is 1. The third kappa shape index (κ3) is 4.89. The van der Waals surface area contributed by atoms with Crippen LogP contribution in [0, 0.1) is 0 Å². The van der Waals surface area contributed by atoms with Crippen LogP contribution in [0.1, 0.15) is 5.56 Å². The number of rotatable bonds is 6. The summed E-state index contributed by atoms with van der Waals surface area (Å²) in [4.78, 5) is 16.4. The van der Waals surface area contributed by atoms with Gasteiger partial charge in [-0.2, -0.15) is 5.10 Å². The van der Waals surface area contributed by atoms with E-state index in [1.807, 2.05) is 23.2 Å². The minimum Gasteiger partial charge on any atom is -0.449 e. The van der Waals surface area contributed by atoms with Crippen LogP contribution in [0.2, 0.25) is 0 Å². The number of hydrogen-bond donors (Lipinski definition) is 3. The minimum absolute atomic E-state index is 0.0517. The van der Waals surface area contributed by atoms with Gasteiger partial charge in [0.1, 0.15) is 12.0 Å². The molecule has 0 aliphatic carbocycles. The lowest BCUT2D eigenvalue weighted by atomic mass is 10.1. The number of anilines is 1. The van der Waals surface area contributed by atoms with E-state index in [0.717, 1.165) is 17.2 Å². The molecule has 13 heteroatoms. The van der Waals surface area contributed by atoms with Crippen molar-refractivity contribution in [3.63, 3.8) is 0 Å². The minimum atomic E-state index is -3.40. The third-order valence-corrected chi connectivity index (χ3v) is 6.99. The first-order valence-corrected chi connectivity index (χ1v) is 13.0. The number of carboxylic acid groups (broad SMARTS) is 1. The van der Waals surface area contributed by atoms with E-state index < -0.39 is 22.2 Å². The summed E-state index contributed by atoms with van der Waals surface area (Å²) in [6, 6.07) is 11.7. The second-order valence-corrected chi connectivity index (χ2v) is 10.3. The van der Waals surface area contributed by atoms with Crippen molar-refractivity contribution in [2.45, 2.75) is 11.1 Å². The van der Waals surface area contributed by atoms with Gasteiger partial charge in [-0.05, 0) is 30.3 Å². The largest absolute Gasteiger partial charge is 0.511 e. The summed E-state index contributed by atoms with van der Waals surface area (Å²) in [6.45, 7) is 2.17. The van der Waals surface area contributed by atoms with Gasteiger partial charge in [0.05, 0.1) is 29.8 Å². The summed E-state index contributed by atoms with van der Waals surface area (Å²) >= 11 is 0. The van der Waals surface area contributed by atoms with Crippen molar-refractivity contribution in [3.05, 3.63) is 60.0 Å². The van der Waals surface area contributed by atoms with Crippen molar-refractivity contribution in [1.29, 1.82) is 0 Å². The maximum Gasteiger partial charge on any atom is 0.511 e. The van der Waals surface area contributed by atoms with E-state index in [1.165, 1.54) is 12.1 Å². The van der Waals surface area contributed by atoms with Crippen LogP contribution in [0.3, 0.4) is 0 Å². The van der Waals surface area contributed by atoms with Crippen molar-refractivity contribution in [2.24, 2.45) is 4.99 Å². The highest BCUT2D eigenvalue weighted by atomic mass is 32.2. The molecule has 0 saturated carbocycles. The van der Waals surface area contributed by atoms with E-state index in [2.05, 4.69) is 20.5 Å². The number of carbonyl (C=O) groups is 1. The summed E-state index contributed by atoms with van der Waals surface area (Å²) in [5, 5.41) is 24.6. The van der Waals surface area contributed by atoms with Gasteiger partial charge in [0.25, 0.3) is 0 Å². The predicted molar refractivity (Wildman–Crippen MR) is 132 cm³/mol. The Balaban J connectivity index is 1.58. The summed E-state index contributed by atoms with van der Waals surface area (Å²) in [5.74, 6) is 0.0517. The highest BCUT2D eigenvalue weighted by molar-refractivity contribution is 7.90. The highest BCUT2D eigenvalue weighted by Gasteiger charge is 2.35. The molecule has 1 aromatic heterocycles. The fourth-order valence-electron chi connectivity index (χ4n) is 4.11. The number of aromatic nitrogens is 2. The van der Waals surface area contributed by atoms with Crippen LogP contribution in [-0.2, 0) is 19.3 Å². The molecule has 1 saturated heterocycles. The molecule has 0 radical (unpaired) electrons. The molecule has 36 heavy (non-hydrogen) atoms. The Morgan fingerprint density at radius 1 is 1.19 bits per heavy atom. The number of morpholine rings is 1. The Bertz CT molecular complexity index is 1440. The van der Waals surface area contributed by atoms with Crippen LogP contribution in [0.5, 0.6) is 0 Å². The smallest absolute Gasteiger partial charge is 0.449 e. The first kappa shape index (κ1) is 23.8. The second-order valence-electron chi connectivity index (χ2n) is 8.29. The molecule has 2 aromatic carbocycles. The molecular formula is C23H24N6O6S. The maximum atomic E-state index is 11.9. The lowest BCUT2D eigenvalue weighted by Crippen LogP contribution is -2.57. The van der Waals surface area contributed by atoms with E-state index in [-0.39, 0.29) is 16.4 Å². The summed E-state index contributed by atoms with van der Waals surface area (Å²) in [7, 11) is -3.40. The average Bonchev–Trinajstić information content (AvgIpc) is 3.33. The maximum absolute atomic E-state index is 11.9. The fourth-order valence-corrected chi connectivity index (χ4v) is 4.75. The van der Waals surface area contributed by atoms with Crippen LogP contribution < -0.4 is 5.32 Å². The standard InChI is InChI=1S/C23H24N6O6S/c1-36(32,33)18-5-2-15(3-6-18)20-21(35-23(30)31)22(29(14-24-20)28-8-10-34-11-9-28)26-17-4-7-19-16(12-17)13-25-27-19/h2-7,12-14,22,26H,8-11H2,1H3,(H,25,27)(H,30,31). The molecular weight excluding hydrogens is 488 g/mol. The first-order valence-electron chi connectivity index (χ1n) is 11.1. The molecule has 0 amide bonds. The molecule has 3 aromatic rings. The number of hydrogen-bond acceptors (Lipinski definition) is 10. The average molecular weight is 513 g/mol. The number of fused-ring (bicyclic) bond motifs is 1. The molecule has 1 fully saturated rings. The number of aromatic amines is 1. The summed E-state index contributed by atoms with van der Waals surface area (Å²) in [5.41, 5.74) is 2.35. The zero-order valence-electron chi connectivity index (χ0n) is 19.3. The van der Waals surface area contributed by atoms with E-state index in [4.69, 9.17) is 9.47 Å². The summed E-state index contributed by atoms with van der Waals surface area (Å²) in [6.07, 6.45) is 2.16. The molecule has 2 aliphatic rings. The van der Waals surface area contributed by atoms with Crippen molar-refractivity contribution in [2.75, 3.05) is 37.9 Å². The molecule has 3 N–H and O–H groups in total. The Labute approximate surface area is 206 Å². The van der Waals surface area contributed by atoms with Crippen molar-refractivity contribution < 1.29 is 27.8 Å². The molecule has 2 aliphatic heterocycles. The van der Waals surface area contributed by atoms with Gasteiger partial charge in [0, 0.05) is 36.0 Å². The third-order valence-electron chi connectivity index (χ3n) is 5.86. The Morgan fingerprint density at radius 3 is 2.64 bits per heavy atom. The lowest BCUT2D eigenvalue weighted by Gasteiger charge is -2.43. The van der Waals surface area contributed by atoms with Crippen molar-refractivity contribution in [3.8, 4) is 0 Å². The number of nitrogens with one attached hydrogen (secondary N) is 2. The van der Waals surface area contributed by atoms with E-state index in [1.54, 1.807) is 29.7 Å². The zero-order chi connectivity index (χ0) is 25.3. The van der Waals surface area contributed by atoms with Gasteiger partial charge in [0.15, 0.2) is 21.8 Å². The van der Waals surface area contributed by atoms with Gasteiger partial charge < -0.3 is 19.9 Å². The van der Waals surface area contributed by atoms with Crippen molar-refractivity contribution >= 4 is 44.6 Å².